The molecule has 0 aliphatic heterocycles. The van der Waals surface area contributed by atoms with Gasteiger partial charge in [0.2, 0.25) is 0 Å². The average molecular weight is 386 g/mol. The maximum absolute atomic E-state index is 11.4. The molecular formula is C19H27BN4O4. The second-order valence-corrected chi connectivity index (χ2v) is 6.86. The van der Waals surface area contributed by atoms with Crippen molar-refractivity contribution in [2.24, 2.45) is 11.8 Å². The number of nitrogens with two attached hydrogens (primary N) is 1. The molecule has 2 aromatic rings. The van der Waals surface area contributed by atoms with Crippen molar-refractivity contribution in [3.63, 3.8) is 0 Å². The number of ether oxygens (including phenoxy) is 2. The van der Waals surface area contributed by atoms with Crippen molar-refractivity contribution in [2.45, 2.75) is 46.5 Å². The molecule has 9 heteroatoms. The minimum absolute atomic E-state index is 0.251. The zero-order valence-electron chi connectivity index (χ0n) is 16.7. The lowest BCUT2D eigenvalue weighted by molar-refractivity contribution is -0.132. The van der Waals surface area contributed by atoms with Crippen LogP contribution in [0, 0.1) is 12.8 Å². The van der Waals surface area contributed by atoms with Crippen LogP contribution in [0.1, 0.15) is 37.1 Å². The normalized spacial score (nSPS) is 12.0. The lowest BCUT2D eigenvalue weighted by atomic mass is 9.95. The lowest BCUT2D eigenvalue weighted by Gasteiger charge is -2.15. The van der Waals surface area contributed by atoms with Crippen LogP contribution < -0.4 is 15.4 Å². The Kier molecular flexibility index (Phi) is 8.47. The molecule has 0 saturated carbocycles. The SMILES string of the molecule is [B]Cc1cc(C)c(OC(C)=O)c(OCCCc2cn(CC(C)CON)nn2)c1. The summed E-state index contributed by atoms with van der Waals surface area (Å²) in [6, 6.07) is 3.70. The molecule has 1 unspecified atom stereocenters. The molecule has 8 nitrogen and oxygen atoms in total. The molecule has 1 aromatic heterocycles. The van der Waals surface area contributed by atoms with Crippen LogP contribution in [-0.4, -0.2) is 42.0 Å². The molecule has 1 aromatic carbocycles. The lowest BCUT2D eigenvalue weighted by Crippen LogP contribution is -2.16. The second kappa shape index (κ2) is 10.8. The summed E-state index contributed by atoms with van der Waals surface area (Å²) < 4.78 is 13.0. The summed E-state index contributed by atoms with van der Waals surface area (Å²) in [5, 5.41) is 8.29. The molecule has 0 aliphatic carbocycles. The smallest absolute Gasteiger partial charge is 0.308 e. The molecule has 0 amide bonds. The number of nitrogens with zero attached hydrogens (tertiary/aromatic N) is 3. The number of benzene rings is 1. The summed E-state index contributed by atoms with van der Waals surface area (Å²) in [5.74, 6) is 5.91. The molecule has 0 bridgehead atoms. The van der Waals surface area contributed by atoms with E-state index in [9.17, 15) is 4.79 Å². The van der Waals surface area contributed by atoms with Gasteiger partial charge in [-0.2, -0.15) is 0 Å². The summed E-state index contributed by atoms with van der Waals surface area (Å²) in [6.07, 6.45) is 3.76. The van der Waals surface area contributed by atoms with Crippen molar-refractivity contribution < 1.29 is 19.1 Å². The van der Waals surface area contributed by atoms with E-state index in [4.69, 9.17) is 23.2 Å². The van der Waals surface area contributed by atoms with Gasteiger partial charge >= 0.3 is 5.97 Å². The van der Waals surface area contributed by atoms with Gasteiger partial charge in [0.05, 0.1) is 26.8 Å². The van der Waals surface area contributed by atoms with E-state index in [-0.39, 0.29) is 11.9 Å². The number of rotatable bonds is 11. The first-order valence-electron chi connectivity index (χ1n) is 9.28. The first-order chi connectivity index (χ1) is 13.4. The van der Waals surface area contributed by atoms with Gasteiger partial charge in [-0.3, -0.25) is 9.48 Å². The van der Waals surface area contributed by atoms with Crippen LogP contribution in [0.2, 0.25) is 0 Å². The third kappa shape index (κ3) is 6.65. The second-order valence-electron chi connectivity index (χ2n) is 6.86. The highest BCUT2D eigenvalue weighted by molar-refractivity contribution is 6.08. The Morgan fingerprint density at radius 2 is 2.18 bits per heavy atom. The summed E-state index contributed by atoms with van der Waals surface area (Å²) in [5.41, 5.74) is 2.62. The predicted octanol–water partition coefficient (Wildman–Crippen LogP) is 1.72. The van der Waals surface area contributed by atoms with Gasteiger partial charge in [0, 0.05) is 25.6 Å². The van der Waals surface area contributed by atoms with Crippen LogP contribution >= 0.6 is 0 Å². The van der Waals surface area contributed by atoms with E-state index in [1.165, 1.54) is 6.92 Å². The maximum atomic E-state index is 11.4. The monoisotopic (exact) mass is 386 g/mol. The molecule has 0 aliphatic rings. The average Bonchev–Trinajstić information content (AvgIpc) is 3.08. The van der Waals surface area contributed by atoms with Crippen molar-refractivity contribution in [2.75, 3.05) is 13.2 Å². The van der Waals surface area contributed by atoms with Gasteiger partial charge in [0.25, 0.3) is 0 Å². The van der Waals surface area contributed by atoms with Gasteiger partial charge in [-0.15, -0.1) is 5.10 Å². The zero-order chi connectivity index (χ0) is 20.5. The Labute approximate surface area is 166 Å². The summed E-state index contributed by atoms with van der Waals surface area (Å²) in [4.78, 5) is 16.0. The topological polar surface area (TPSA) is 101 Å². The van der Waals surface area contributed by atoms with Gasteiger partial charge < -0.3 is 14.3 Å². The highest BCUT2D eigenvalue weighted by atomic mass is 16.6. The molecule has 2 radical (unpaired) electrons. The van der Waals surface area contributed by atoms with E-state index in [0.29, 0.717) is 37.6 Å². The van der Waals surface area contributed by atoms with Gasteiger partial charge in [-0.05, 0) is 31.4 Å². The number of hydrogen-bond acceptors (Lipinski definition) is 7. The minimum atomic E-state index is -0.390. The Hall–Kier alpha value is -2.39. The molecule has 150 valence electrons. The quantitative estimate of drug-likeness (QED) is 0.206. The van der Waals surface area contributed by atoms with E-state index in [2.05, 4.69) is 15.1 Å². The van der Waals surface area contributed by atoms with Gasteiger partial charge in [-0.25, -0.2) is 5.90 Å². The molecule has 2 rings (SSSR count). The summed E-state index contributed by atoms with van der Waals surface area (Å²) in [7, 11) is 5.73. The van der Waals surface area contributed by atoms with Crippen molar-refractivity contribution >= 4 is 13.8 Å². The largest absolute Gasteiger partial charge is 0.490 e. The Morgan fingerprint density at radius 3 is 2.86 bits per heavy atom. The molecule has 0 spiro atoms. The molecule has 1 atom stereocenters. The van der Waals surface area contributed by atoms with Gasteiger partial charge in [0.15, 0.2) is 11.5 Å². The third-order valence-corrected chi connectivity index (χ3v) is 4.08. The highest BCUT2D eigenvalue weighted by Gasteiger charge is 2.13. The van der Waals surface area contributed by atoms with Crippen LogP contribution in [0.25, 0.3) is 0 Å². The van der Waals surface area contributed by atoms with E-state index in [1.807, 2.05) is 32.2 Å². The van der Waals surface area contributed by atoms with Crippen LogP contribution in [0.5, 0.6) is 11.5 Å². The van der Waals surface area contributed by atoms with Crippen molar-refractivity contribution in [3.05, 3.63) is 35.2 Å². The molecular weight excluding hydrogens is 359 g/mol. The first-order valence-corrected chi connectivity index (χ1v) is 9.28. The van der Waals surface area contributed by atoms with Crippen LogP contribution in [0.4, 0.5) is 0 Å². The highest BCUT2D eigenvalue weighted by Crippen LogP contribution is 2.33. The fourth-order valence-corrected chi connectivity index (χ4v) is 2.83. The molecule has 1 heterocycles. The summed E-state index contributed by atoms with van der Waals surface area (Å²) in [6.45, 7) is 6.86. The van der Waals surface area contributed by atoms with E-state index >= 15 is 0 Å². The number of carbonyl (C=O) groups is 1. The van der Waals surface area contributed by atoms with Crippen molar-refractivity contribution in [3.8, 4) is 11.5 Å². The standard InChI is InChI=1S/C19H27BN4O4/c1-13(12-27-21)10-24-11-17(22-23-24)5-4-6-26-18-8-16(9-20)7-14(2)19(18)28-15(3)25/h7-8,11,13H,4-6,9-10,12,21H2,1-3H3. The number of aromatic nitrogens is 3. The minimum Gasteiger partial charge on any atom is -0.490 e. The third-order valence-electron chi connectivity index (χ3n) is 4.08. The van der Waals surface area contributed by atoms with Crippen LogP contribution in [-0.2, 0) is 28.9 Å². The number of carbonyl (C=O) groups excluding carboxylic acids is 1. The van der Waals surface area contributed by atoms with Crippen molar-refractivity contribution in [1.82, 2.24) is 15.0 Å². The fourth-order valence-electron chi connectivity index (χ4n) is 2.83. The summed E-state index contributed by atoms with van der Waals surface area (Å²) >= 11 is 0. The Bertz CT molecular complexity index is 781. The fraction of sp³-hybridized carbons (Fsp3) is 0.526. The first kappa shape index (κ1) is 21.9. The maximum Gasteiger partial charge on any atom is 0.308 e. The zero-order valence-corrected chi connectivity index (χ0v) is 16.7. The van der Waals surface area contributed by atoms with Crippen LogP contribution in [0.15, 0.2) is 18.3 Å². The van der Waals surface area contributed by atoms with Gasteiger partial charge in [-0.1, -0.05) is 30.1 Å². The number of esters is 1. The predicted molar refractivity (Wildman–Crippen MR) is 105 cm³/mol. The molecule has 0 saturated heterocycles. The number of hydrogen-bond donors (Lipinski definition) is 1. The van der Waals surface area contributed by atoms with E-state index in [1.54, 1.807) is 4.68 Å². The Balaban J connectivity index is 1.90. The Morgan fingerprint density at radius 1 is 1.39 bits per heavy atom. The van der Waals surface area contributed by atoms with Crippen molar-refractivity contribution in [1.29, 1.82) is 0 Å². The van der Waals surface area contributed by atoms with E-state index < -0.39 is 0 Å². The molecule has 0 fully saturated rings. The van der Waals surface area contributed by atoms with Gasteiger partial charge in [0.1, 0.15) is 0 Å². The number of aryl methyl sites for hydroxylation is 2. The molecule has 28 heavy (non-hydrogen) atoms. The van der Waals surface area contributed by atoms with Crippen LogP contribution in [0.3, 0.4) is 0 Å². The molecule has 2 N–H and O–H groups in total. The van der Waals surface area contributed by atoms with E-state index in [0.717, 1.165) is 29.7 Å².